The van der Waals surface area contributed by atoms with Gasteiger partial charge >= 0.3 is 5.97 Å². The monoisotopic (exact) mass is 556 g/mol. The zero-order valence-corrected chi connectivity index (χ0v) is 26.7. The molecule has 4 nitrogen and oxygen atoms in total. The molecule has 0 bridgehead atoms. The predicted molar refractivity (Wildman–Crippen MR) is 166 cm³/mol. The highest BCUT2D eigenvalue weighted by Gasteiger charge is 2.61. The van der Waals surface area contributed by atoms with Crippen molar-refractivity contribution in [1.82, 2.24) is 10.6 Å². The van der Waals surface area contributed by atoms with E-state index in [1.165, 1.54) is 103 Å². The van der Waals surface area contributed by atoms with E-state index in [-0.39, 0.29) is 0 Å². The van der Waals surface area contributed by atoms with Crippen LogP contribution in [0.15, 0.2) is 0 Å². The van der Waals surface area contributed by atoms with E-state index in [1.807, 2.05) is 0 Å². The molecule has 5 aliphatic rings. The summed E-state index contributed by atoms with van der Waals surface area (Å²) in [6.07, 6.45) is 21.3. The Morgan fingerprint density at radius 1 is 0.850 bits per heavy atom. The predicted octanol–water partition coefficient (Wildman–Crippen LogP) is 8.16. The molecular weight excluding hydrogens is 492 g/mol. The van der Waals surface area contributed by atoms with Gasteiger partial charge in [0.2, 0.25) is 0 Å². The van der Waals surface area contributed by atoms with Crippen molar-refractivity contribution >= 4 is 5.97 Å². The molecule has 0 aromatic rings. The van der Waals surface area contributed by atoms with Gasteiger partial charge in [0, 0.05) is 6.42 Å². The van der Waals surface area contributed by atoms with Gasteiger partial charge in [0.1, 0.15) is 0 Å². The van der Waals surface area contributed by atoms with Crippen LogP contribution in [0.2, 0.25) is 0 Å². The summed E-state index contributed by atoms with van der Waals surface area (Å²) < 4.78 is 0. The molecule has 0 radical (unpaired) electrons. The SMILES string of the molecule is CCNCCCCNCCCC1CC1C1CCC2(C)C(CCC3C2CCC2(C)C(C(C)CCC(=O)O)CCC32)C1. The fourth-order valence-electron chi connectivity index (χ4n) is 11.7. The molecule has 0 aromatic carbocycles. The lowest BCUT2D eigenvalue weighted by Gasteiger charge is -2.61. The average molecular weight is 557 g/mol. The molecule has 11 atom stereocenters. The summed E-state index contributed by atoms with van der Waals surface area (Å²) in [5.41, 5.74) is 1.05. The molecule has 5 aliphatic carbocycles. The molecule has 5 saturated carbocycles. The molecule has 0 spiro atoms. The van der Waals surface area contributed by atoms with Crippen molar-refractivity contribution in [2.45, 2.75) is 130 Å². The van der Waals surface area contributed by atoms with Gasteiger partial charge in [-0.2, -0.15) is 0 Å². The molecular formula is C36H64N2O2. The first-order chi connectivity index (χ1) is 19.3. The highest BCUT2D eigenvalue weighted by Crippen LogP contribution is 2.69. The Balaban J connectivity index is 1.06. The summed E-state index contributed by atoms with van der Waals surface area (Å²) in [5, 5.41) is 16.4. The van der Waals surface area contributed by atoms with Crippen molar-refractivity contribution in [2.24, 2.45) is 64.1 Å². The van der Waals surface area contributed by atoms with Crippen molar-refractivity contribution in [3.05, 3.63) is 0 Å². The summed E-state index contributed by atoms with van der Waals surface area (Å²) in [5.74, 6) is 7.57. The summed E-state index contributed by atoms with van der Waals surface area (Å²) in [7, 11) is 0. The number of hydrogen-bond acceptors (Lipinski definition) is 3. The lowest BCUT2D eigenvalue weighted by Crippen LogP contribution is -2.53. The minimum atomic E-state index is -0.617. The van der Waals surface area contributed by atoms with Gasteiger partial charge < -0.3 is 15.7 Å². The third-order valence-corrected chi connectivity index (χ3v) is 14.0. The maximum Gasteiger partial charge on any atom is 0.303 e. The summed E-state index contributed by atoms with van der Waals surface area (Å²) in [6, 6.07) is 0. The quantitative estimate of drug-likeness (QED) is 0.178. The van der Waals surface area contributed by atoms with Gasteiger partial charge in [-0.05, 0) is 187 Å². The number of fused-ring (bicyclic) bond motifs is 5. The van der Waals surface area contributed by atoms with Crippen LogP contribution < -0.4 is 10.6 Å². The van der Waals surface area contributed by atoms with Crippen molar-refractivity contribution in [2.75, 3.05) is 26.2 Å². The highest BCUT2D eigenvalue weighted by molar-refractivity contribution is 5.66. The minimum Gasteiger partial charge on any atom is -0.481 e. The van der Waals surface area contributed by atoms with E-state index in [4.69, 9.17) is 0 Å². The zero-order chi connectivity index (χ0) is 28.3. The first-order valence-corrected chi connectivity index (χ1v) is 17.9. The van der Waals surface area contributed by atoms with E-state index in [2.05, 4.69) is 38.3 Å². The maximum atomic E-state index is 11.2. The van der Waals surface area contributed by atoms with Crippen LogP contribution >= 0.6 is 0 Å². The number of carbonyl (C=O) groups is 1. The van der Waals surface area contributed by atoms with Crippen LogP contribution in [-0.2, 0) is 4.79 Å². The average Bonchev–Trinajstić information content (AvgIpc) is 3.61. The Morgan fingerprint density at radius 3 is 2.35 bits per heavy atom. The van der Waals surface area contributed by atoms with E-state index >= 15 is 0 Å². The van der Waals surface area contributed by atoms with Crippen LogP contribution in [0.25, 0.3) is 0 Å². The molecule has 40 heavy (non-hydrogen) atoms. The summed E-state index contributed by atoms with van der Waals surface area (Å²) in [6.45, 7) is 14.6. The Kier molecular flexibility index (Phi) is 10.3. The molecule has 0 heterocycles. The van der Waals surface area contributed by atoms with Crippen LogP contribution in [0.1, 0.15) is 130 Å². The number of hydrogen-bond donors (Lipinski definition) is 3. The number of carboxylic acid groups (broad SMARTS) is 1. The van der Waals surface area contributed by atoms with E-state index < -0.39 is 5.97 Å². The lowest BCUT2D eigenvalue weighted by atomic mass is 9.43. The summed E-state index contributed by atoms with van der Waals surface area (Å²) >= 11 is 0. The molecule has 0 amide bonds. The number of unbranched alkanes of at least 4 members (excludes halogenated alkanes) is 1. The van der Waals surface area contributed by atoms with Crippen molar-refractivity contribution in [3.8, 4) is 0 Å². The number of rotatable bonds is 15. The van der Waals surface area contributed by atoms with Gasteiger partial charge in [-0.1, -0.05) is 27.7 Å². The number of nitrogens with one attached hydrogen (secondary N) is 2. The fraction of sp³-hybridized carbons (Fsp3) is 0.972. The minimum absolute atomic E-state index is 0.349. The standard InChI is InChI=1S/C36H64N2O2/c1-5-37-20-6-7-21-38-22-8-9-26-24-30(26)27-16-18-35(3)28(23-27)11-12-29-32-14-13-31(25(2)10-15-34(39)40)36(32,4)19-17-33(29)35/h25-33,37-38H,5-24H2,1-4H3,(H,39,40). The van der Waals surface area contributed by atoms with Crippen LogP contribution in [0.3, 0.4) is 0 Å². The van der Waals surface area contributed by atoms with E-state index in [0.717, 1.165) is 60.3 Å². The Hall–Kier alpha value is -0.610. The smallest absolute Gasteiger partial charge is 0.303 e. The molecule has 0 saturated heterocycles. The number of carboxylic acids is 1. The van der Waals surface area contributed by atoms with Crippen molar-refractivity contribution in [1.29, 1.82) is 0 Å². The molecule has 3 N–H and O–H groups in total. The van der Waals surface area contributed by atoms with Gasteiger partial charge in [0.25, 0.3) is 0 Å². The highest BCUT2D eigenvalue weighted by atomic mass is 16.4. The Bertz CT molecular complexity index is 832. The second-order valence-electron chi connectivity index (χ2n) is 15.9. The second-order valence-corrected chi connectivity index (χ2v) is 15.9. The van der Waals surface area contributed by atoms with Crippen LogP contribution in [0.4, 0.5) is 0 Å². The molecule has 5 fully saturated rings. The fourth-order valence-corrected chi connectivity index (χ4v) is 11.7. The van der Waals surface area contributed by atoms with Gasteiger partial charge in [0.05, 0.1) is 0 Å². The van der Waals surface area contributed by atoms with Crippen LogP contribution in [0, 0.1) is 64.1 Å². The molecule has 5 rings (SSSR count). The Morgan fingerprint density at radius 2 is 1.57 bits per heavy atom. The molecule has 230 valence electrons. The van der Waals surface area contributed by atoms with E-state index in [0.29, 0.717) is 23.2 Å². The third kappa shape index (κ3) is 6.48. The summed E-state index contributed by atoms with van der Waals surface area (Å²) in [4.78, 5) is 11.2. The maximum absolute atomic E-state index is 11.2. The second kappa shape index (κ2) is 13.4. The number of aliphatic carboxylic acids is 1. The zero-order valence-electron chi connectivity index (χ0n) is 26.7. The van der Waals surface area contributed by atoms with E-state index in [1.54, 1.807) is 6.42 Å². The normalized spacial score (nSPS) is 43.0. The first kappa shape index (κ1) is 30.8. The molecule has 0 aliphatic heterocycles. The first-order valence-electron chi connectivity index (χ1n) is 17.9. The third-order valence-electron chi connectivity index (χ3n) is 14.0. The molecule has 11 unspecified atom stereocenters. The van der Waals surface area contributed by atoms with Gasteiger partial charge in [-0.15, -0.1) is 0 Å². The van der Waals surface area contributed by atoms with E-state index in [9.17, 15) is 9.90 Å². The molecule has 4 heteroatoms. The van der Waals surface area contributed by atoms with Crippen molar-refractivity contribution in [3.63, 3.8) is 0 Å². The Labute approximate surface area is 247 Å². The largest absolute Gasteiger partial charge is 0.481 e. The molecule has 0 aromatic heterocycles. The van der Waals surface area contributed by atoms with Crippen molar-refractivity contribution < 1.29 is 9.90 Å². The van der Waals surface area contributed by atoms with Gasteiger partial charge in [-0.3, -0.25) is 4.79 Å². The van der Waals surface area contributed by atoms with Crippen LogP contribution in [0.5, 0.6) is 0 Å². The van der Waals surface area contributed by atoms with Gasteiger partial charge in [-0.25, -0.2) is 0 Å². The topological polar surface area (TPSA) is 61.4 Å². The van der Waals surface area contributed by atoms with Crippen LogP contribution in [-0.4, -0.2) is 37.3 Å². The lowest BCUT2D eigenvalue weighted by molar-refractivity contribution is -0.138. The van der Waals surface area contributed by atoms with Gasteiger partial charge in [0.15, 0.2) is 0 Å².